The highest BCUT2D eigenvalue weighted by Crippen LogP contribution is 2.22. The predicted octanol–water partition coefficient (Wildman–Crippen LogP) is 3.06. The third kappa shape index (κ3) is 1.75. The number of aromatic nitrogens is 1. The van der Waals surface area contributed by atoms with E-state index in [-0.39, 0.29) is 5.82 Å². The molecule has 2 aromatic rings. The first kappa shape index (κ1) is 8.38. The van der Waals surface area contributed by atoms with Crippen LogP contribution in [0, 0.1) is 18.1 Å². The maximum atomic E-state index is 12.6. The Morgan fingerprint density at radius 2 is 2.00 bits per heavy atom. The summed E-state index contributed by atoms with van der Waals surface area (Å²) >= 11 is 1.45. The topological polar surface area (TPSA) is 12.9 Å². The summed E-state index contributed by atoms with van der Waals surface area (Å²) < 4.78 is 12.6. The summed E-state index contributed by atoms with van der Waals surface area (Å²) in [6.45, 7) is 1.89. The molecule has 1 nitrogen and oxygen atoms in total. The molecular weight excluding hydrogens is 185 g/mol. The van der Waals surface area contributed by atoms with Gasteiger partial charge in [-0.3, -0.25) is 0 Å². The van der Waals surface area contributed by atoms with Gasteiger partial charge in [-0.2, -0.15) is 0 Å². The quantitative estimate of drug-likeness (QED) is 0.676. The van der Waals surface area contributed by atoms with Crippen molar-refractivity contribution in [3.8, 4) is 10.6 Å². The van der Waals surface area contributed by atoms with Crippen LogP contribution in [0.15, 0.2) is 24.3 Å². The van der Waals surface area contributed by atoms with E-state index in [1.165, 1.54) is 23.5 Å². The number of rotatable bonds is 1. The maximum absolute atomic E-state index is 12.6. The zero-order valence-electron chi connectivity index (χ0n) is 7.04. The van der Waals surface area contributed by atoms with Crippen LogP contribution in [-0.2, 0) is 0 Å². The Morgan fingerprint density at radius 1 is 1.31 bits per heavy atom. The SMILES string of the molecule is Cc1[c]sc(-c2ccc(F)cc2)n1. The molecule has 0 N–H and O–H groups in total. The summed E-state index contributed by atoms with van der Waals surface area (Å²) in [4.78, 5) is 4.25. The monoisotopic (exact) mass is 192 g/mol. The molecule has 65 valence electrons. The lowest BCUT2D eigenvalue weighted by molar-refractivity contribution is 0.628. The molecule has 0 saturated heterocycles. The van der Waals surface area contributed by atoms with Crippen LogP contribution in [0.1, 0.15) is 5.69 Å². The van der Waals surface area contributed by atoms with E-state index < -0.39 is 0 Å². The fourth-order valence-electron chi connectivity index (χ4n) is 1.04. The van der Waals surface area contributed by atoms with Gasteiger partial charge in [-0.05, 0) is 31.2 Å². The van der Waals surface area contributed by atoms with Gasteiger partial charge in [0.05, 0.1) is 11.1 Å². The summed E-state index contributed by atoms with van der Waals surface area (Å²) in [5, 5.41) is 3.91. The highest BCUT2D eigenvalue weighted by molar-refractivity contribution is 7.12. The molecule has 0 atom stereocenters. The van der Waals surface area contributed by atoms with E-state index in [0.717, 1.165) is 16.3 Å². The maximum Gasteiger partial charge on any atom is 0.124 e. The average molecular weight is 192 g/mol. The first-order valence-electron chi connectivity index (χ1n) is 3.87. The molecule has 1 aromatic carbocycles. The molecule has 0 unspecified atom stereocenters. The molecule has 0 spiro atoms. The lowest BCUT2D eigenvalue weighted by Crippen LogP contribution is -1.77. The summed E-state index contributed by atoms with van der Waals surface area (Å²) in [6.07, 6.45) is 0. The van der Waals surface area contributed by atoms with Crippen molar-refractivity contribution in [3.63, 3.8) is 0 Å². The zero-order chi connectivity index (χ0) is 9.26. The van der Waals surface area contributed by atoms with Crippen LogP contribution < -0.4 is 0 Å². The molecule has 0 bridgehead atoms. The van der Waals surface area contributed by atoms with Gasteiger partial charge < -0.3 is 0 Å². The van der Waals surface area contributed by atoms with Crippen molar-refractivity contribution >= 4 is 11.3 Å². The van der Waals surface area contributed by atoms with Crippen molar-refractivity contribution in [3.05, 3.63) is 41.2 Å². The van der Waals surface area contributed by atoms with Gasteiger partial charge in [-0.25, -0.2) is 9.37 Å². The number of benzene rings is 1. The Labute approximate surface area is 79.9 Å². The molecule has 3 heteroatoms. The summed E-state index contributed by atoms with van der Waals surface area (Å²) in [6, 6.07) is 6.32. The number of thiazole rings is 1. The second-order valence-electron chi connectivity index (χ2n) is 2.71. The Hall–Kier alpha value is -1.22. The number of hydrogen-bond donors (Lipinski definition) is 0. The van der Waals surface area contributed by atoms with Crippen LogP contribution in [0.4, 0.5) is 4.39 Å². The van der Waals surface area contributed by atoms with E-state index in [4.69, 9.17) is 0 Å². The molecule has 13 heavy (non-hydrogen) atoms. The fourth-order valence-corrected chi connectivity index (χ4v) is 1.76. The van der Waals surface area contributed by atoms with Crippen LogP contribution in [0.3, 0.4) is 0 Å². The van der Waals surface area contributed by atoms with Gasteiger partial charge in [0.2, 0.25) is 0 Å². The number of aryl methyl sites for hydroxylation is 1. The molecule has 1 radical (unpaired) electrons. The van der Waals surface area contributed by atoms with Crippen LogP contribution in [0.2, 0.25) is 0 Å². The Balaban J connectivity index is 2.41. The van der Waals surface area contributed by atoms with Gasteiger partial charge in [-0.15, -0.1) is 11.3 Å². The molecule has 1 aromatic heterocycles. The number of nitrogens with zero attached hydrogens (tertiary/aromatic N) is 1. The van der Waals surface area contributed by atoms with Crippen LogP contribution >= 0.6 is 11.3 Å². The Kier molecular flexibility index (Phi) is 2.10. The minimum Gasteiger partial charge on any atom is -0.241 e. The van der Waals surface area contributed by atoms with Gasteiger partial charge in [0.1, 0.15) is 10.8 Å². The van der Waals surface area contributed by atoms with E-state index in [2.05, 4.69) is 10.4 Å². The van der Waals surface area contributed by atoms with Crippen LogP contribution in [-0.4, -0.2) is 4.98 Å². The fraction of sp³-hybridized carbons (Fsp3) is 0.100. The lowest BCUT2D eigenvalue weighted by atomic mass is 10.2. The van der Waals surface area contributed by atoms with Crippen molar-refractivity contribution < 1.29 is 4.39 Å². The smallest absolute Gasteiger partial charge is 0.124 e. The van der Waals surface area contributed by atoms with Gasteiger partial charge in [-0.1, -0.05) is 0 Å². The van der Waals surface area contributed by atoms with E-state index >= 15 is 0 Å². The molecule has 0 amide bonds. The van der Waals surface area contributed by atoms with Crippen molar-refractivity contribution in [1.82, 2.24) is 4.98 Å². The van der Waals surface area contributed by atoms with E-state index in [1.807, 2.05) is 6.92 Å². The first-order valence-corrected chi connectivity index (χ1v) is 4.68. The van der Waals surface area contributed by atoms with Crippen molar-refractivity contribution in [2.24, 2.45) is 0 Å². The highest BCUT2D eigenvalue weighted by Gasteiger charge is 2.01. The standard InChI is InChI=1S/C10H7FNS/c1-7-6-13-10(12-7)8-2-4-9(11)5-3-8/h2-5H,1H3. The minimum atomic E-state index is -0.221. The van der Waals surface area contributed by atoms with Crippen molar-refractivity contribution in [2.45, 2.75) is 6.92 Å². The largest absolute Gasteiger partial charge is 0.241 e. The number of hydrogen-bond acceptors (Lipinski definition) is 2. The van der Waals surface area contributed by atoms with Crippen molar-refractivity contribution in [1.29, 1.82) is 0 Å². The van der Waals surface area contributed by atoms with Gasteiger partial charge in [0.15, 0.2) is 0 Å². The molecule has 0 aliphatic rings. The van der Waals surface area contributed by atoms with Gasteiger partial charge >= 0.3 is 0 Å². The Morgan fingerprint density at radius 3 is 2.54 bits per heavy atom. The summed E-state index contributed by atoms with van der Waals surface area (Å²) in [7, 11) is 0. The third-order valence-corrected chi connectivity index (χ3v) is 2.57. The third-order valence-electron chi connectivity index (χ3n) is 1.66. The van der Waals surface area contributed by atoms with Crippen LogP contribution in [0.25, 0.3) is 10.6 Å². The average Bonchev–Trinajstić information content (AvgIpc) is 2.53. The van der Waals surface area contributed by atoms with E-state index in [9.17, 15) is 4.39 Å². The molecule has 0 aliphatic heterocycles. The predicted molar refractivity (Wildman–Crippen MR) is 51.1 cm³/mol. The molecule has 2 rings (SSSR count). The summed E-state index contributed by atoms with van der Waals surface area (Å²) in [5.74, 6) is -0.221. The normalized spacial score (nSPS) is 10.3. The summed E-state index contributed by atoms with van der Waals surface area (Å²) in [5.41, 5.74) is 1.82. The lowest BCUT2D eigenvalue weighted by Gasteiger charge is -1.94. The highest BCUT2D eigenvalue weighted by atomic mass is 32.1. The van der Waals surface area contributed by atoms with Crippen LogP contribution in [0.5, 0.6) is 0 Å². The molecule has 0 aliphatic carbocycles. The molecule has 1 heterocycles. The number of halogens is 1. The minimum absolute atomic E-state index is 0.221. The molecule has 0 saturated carbocycles. The second-order valence-corrected chi connectivity index (χ2v) is 3.51. The molecular formula is C10H7FNS. The first-order chi connectivity index (χ1) is 6.25. The van der Waals surface area contributed by atoms with Crippen molar-refractivity contribution in [2.75, 3.05) is 0 Å². The van der Waals surface area contributed by atoms with E-state index in [0.29, 0.717) is 0 Å². The zero-order valence-corrected chi connectivity index (χ0v) is 7.86. The van der Waals surface area contributed by atoms with Gasteiger partial charge in [0, 0.05) is 5.56 Å². The Bertz CT molecular complexity index is 405. The second kappa shape index (κ2) is 3.26. The van der Waals surface area contributed by atoms with Gasteiger partial charge in [0.25, 0.3) is 0 Å². The van der Waals surface area contributed by atoms with E-state index in [1.54, 1.807) is 12.1 Å². The molecule has 0 fully saturated rings.